The maximum absolute atomic E-state index is 11.6. The molecule has 126 valence electrons. The Balaban J connectivity index is 1.90. The largest absolute Gasteiger partial charge is 0.355 e. The van der Waals surface area contributed by atoms with Crippen LogP contribution in [0.2, 0.25) is 5.02 Å². The predicted molar refractivity (Wildman–Crippen MR) is 101 cm³/mol. The Morgan fingerprint density at radius 2 is 1.88 bits per heavy atom. The highest BCUT2D eigenvalue weighted by molar-refractivity contribution is 6.31. The van der Waals surface area contributed by atoms with Gasteiger partial charge in [-0.2, -0.15) is 0 Å². The van der Waals surface area contributed by atoms with Gasteiger partial charge in [-0.05, 0) is 41.8 Å². The van der Waals surface area contributed by atoms with Crippen molar-refractivity contribution >= 4 is 34.1 Å². The van der Waals surface area contributed by atoms with Crippen LogP contribution >= 0.6 is 11.6 Å². The molecular weight excluding hydrogens is 334 g/mol. The molecule has 2 heterocycles. The van der Waals surface area contributed by atoms with Crippen molar-refractivity contribution in [2.24, 2.45) is 0 Å². The third-order valence-electron chi connectivity index (χ3n) is 4.73. The third-order valence-corrected chi connectivity index (χ3v) is 5.16. The highest BCUT2D eigenvalue weighted by atomic mass is 35.5. The maximum atomic E-state index is 11.6. The van der Waals surface area contributed by atoms with Gasteiger partial charge in [-0.15, -0.1) is 0 Å². The number of anilines is 1. The normalized spacial score (nSPS) is 15.0. The molecule has 4 nitrogen and oxygen atoms in total. The summed E-state index contributed by atoms with van der Waals surface area (Å²) in [7, 11) is 0. The number of ketones is 1. The minimum atomic E-state index is 0.322. The van der Waals surface area contributed by atoms with Crippen molar-refractivity contribution in [2.75, 3.05) is 18.0 Å². The number of aromatic nitrogens is 2. The van der Waals surface area contributed by atoms with Crippen LogP contribution in [0.5, 0.6) is 0 Å². The summed E-state index contributed by atoms with van der Waals surface area (Å²) in [5.41, 5.74) is 4.13. The van der Waals surface area contributed by atoms with Gasteiger partial charge in [0.05, 0.1) is 10.9 Å². The predicted octanol–water partition coefficient (Wildman–Crippen LogP) is 4.43. The van der Waals surface area contributed by atoms with Gasteiger partial charge >= 0.3 is 0 Å². The highest BCUT2D eigenvalue weighted by Crippen LogP contribution is 2.35. The molecule has 2 aromatic carbocycles. The summed E-state index contributed by atoms with van der Waals surface area (Å²) in [6.45, 7) is 3.42. The number of fused-ring (bicyclic) bond motifs is 1. The summed E-state index contributed by atoms with van der Waals surface area (Å²) in [6.07, 6.45) is 2.76. The zero-order valence-corrected chi connectivity index (χ0v) is 14.8. The lowest BCUT2D eigenvalue weighted by molar-refractivity contribution is -0.119. The van der Waals surface area contributed by atoms with Crippen LogP contribution in [-0.4, -0.2) is 28.8 Å². The topological polar surface area (TPSA) is 46.1 Å². The van der Waals surface area contributed by atoms with Gasteiger partial charge in [-0.1, -0.05) is 29.8 Å². The van der Waals surface area contributed by atoms with Gasteiger partial charge < -0.3 is 4.90 Å². The van der Waals surface area contributed by atoms with Crippen molar-refractivity contribution in [3.63, 3.8) is 0 Å². The summed E-state index contributed by atoms with van der Waals surface area (Å²) < 4.78 is 0. The number of rotatable bonds is 2. The number of nitrogens with zero attached hydrogens (tertiary/aromatic N) is 3. The number of hydrogen-bond donors (Lipinski definition) is 0. The zero-order valence-electron chi connectivity index (χ0n) is 14.0. The first-order valence-corrected chi connectivity index (χ1v) is 8.78. The van der Waals surface area contributed by atoms with E-state index in [0.29, 0.717) is 31.7 Å². The van der Waals surface area contributed by atoms with Crippen molar-refractivity contribution in [3.05, 3.63) is 53.3 Å². The minimum Gasteiger partial charge on any atom is -0.355 e. The van der Waals surface area contributed by atoms with E-state index in [1.807, 2.05) is 31.2 Å². The van der Waals surface area contributed by atoms with Gasteiger partial charge in [-0.25, -0.2) is 9.97 Å². The second kappa shape index (κ2) is 6.45. The van der Waals surface area contributed by atoms with E-state index < -0.39 is 0 Å². The van der Waals surface area contributed by atoms with E-state index in [1.165, 1.54) is 0 Å². The molecule has 1 aromatic heterocycles. The molecule has 1 aliphatic rings. The Hall–Kier alpha value is -2.46. The molecule has 0 unspecified atom stereocenters. The minimum absolute atomic E-state index is 0.322. The fourth-order valence-electron chi connectivity index (χ4n) is 3.35. The Morgan fingerprint density at radius 1 is 1.08 bits per heavy atom. The second-order valence-corrected chi connectivity index (χ2v) is 6.79. The van der Waals surface area contributed by atoms with Gasteiger partial charge in [0, 0.05) is 31.0 Å². The molecule has 3 aromatic rings. The molecule has 0 bridgehead atoms. The van der Waals surface area contributed by atoms with Crippen molar-refractivity contribution in [1.82, 2.24) is 9.97 Å². The van der Waals surface area contributed by atoms with Crippen molar-refractivity contribution in [1.29, 1.82) is 0 Å². The molecule has 4 rings (SSSR count). The van der Waals surface area contributed by atoms with E-state index in [9.17, 15) is 4.79 Å². The van der Waals surface area contributed by atoms with E-state index in [2.05, 4.69) is 27.0 Å². The van der Waals surface area contributed by atoms with E-state index in [0.717, 1.165) is 38.4 Å². The van der Waals surface area contributed by atoms with Crippen molar-refractivity contribution in [3.8, 4) is 11.1 Å². The molecule has 1 aliphatic heterocycles. The van der Waals surface area contributed by atoms with Gasteiger partial charge in [0.15, 0.2) is 0 Å². The van der Waals surface area contributed by atoms with Gasteiger partial charge in [-0.3, -0.25) is 4.79 Å². The molecule has 0 amide bonds. The summed E-state index contributed by atoms with van der Waals surface area (Å²) in [6, 6.07) is 12.1. The fraction of sp³-hybridized carbons (Fsp3) is 0.250. The van der Waals surface area contributed by atoms with Crippen LogP contribution in [0.4, 0.5) is 5.82 Å². The Kier molecular flexibility index (Phi) is 4.14. The van der Waals surface area contributed by atoms with Crippen LogP contribution in [0.15, 0.2) is 42.7 Å². The monoisotopic (exact) mass is 351 g/mol. The van der Waals surface area contributed by atoms with Crippen LogP contribution in [0, 0.1) is 6.92 Å². The van der Waals surface area contributed by atoms with Gasteiger partial charge in [0.1, 0.15) is 17.9 Å². The summed E-state index contributed by atoms with van der Waals surface area (Å²) >= 11 is 6.19. The number of carbonyl (C=O) groups is 1. The van der Waals surface area contributed by atoms with Crippen LogP contribution in [0.3, 0.4) is 0 Å². The fourth-order valence-corrected chi connectivity index (χ4v) is 3.47. The molecular formula is C20H18ClN3O. The number of Topliss-reactive ketones (excluding diaryl/α,β-unsaturated/α-hetero) is 1. The van der Waals surface area contributed by atoms with Crippen molar-refractivity contribution in [2.45, 2.75) is 19.8 Å². The Morgan fingerprint density at radius 3 is 2.64 bits per heavy atom. The molecule has 0 saturated carbocycles. The summed E-state index contributed by atoms with van der Waals surface area (Å²) in [5, 5.41) is 1.79. The highest BCUT2D eigenvalue weighted by Gasteiger charge is 2.21. The molecule has 5 heteroatoms. The zero-order chi connectivity index (χ0) is 17.4. The van der Waals surface area contributed by atoms with Crippen LogP contribution < -0.4 is 4.90 Å². The van der Waals surface area contributed by atoms with Crippen LogP contribution in [0.25, 0.3) is 22.0 Å². The standard InChI is InChI=1S/C20H18ClN3O/c1-13-11-14(5-6-17(13)21)16-3-2-4-18-19(16)20(23-12-22-18)24-9-7-15(25)8-10-24/h2-6,11-12H,7-10H2,1H3. The molecule has 0 spiro atoms. The summed E-state index contributed by atoms with van der Waals surface area (Å²) in [4.78, 5) is 22.8. The first kappa shape index (κ1) is 16.0. The van der Waals surface area contributed by atoms with Crippen molar-refractivity contribution < 1.29 is 4.79 Å². The smallest absolute Gasteiger partial charge is 0.140 e. The third kappa shape index (κ3) is 2.98. The number of benzene rings is 2. The second-order valence-electron chi connectivity index (χ2n) is 6.39. The average molecular weight is 352 g/mol. The Labute approximate surface area is 151 Å². The van der Waals surface area contributed by atoms with E-state index in [4.69, 9.17) is 11.6 Å². The average Bonchev–Trinajstić information content (AvgIpc) is 2.64. The number of hydrogen-bond acceptors (Lipinski definition) is 4. The van der Waals surface area contributed by atoms with Crippen LogP contribution in [-0.2, 0) is 4.79 Å². The number of piperidine rings is 1. The quantitative estimate of drug-likeness (QED) is 0.685. The van der Waals surface area contributed by atoms with E-state index in [1.54, 1.807) is 6.33 Å². The lowest BCUT2D eigenvalue weighted by Crippen LogP contribution is -2.34. The lowest BCUT2D eigenvalue weighted by atomic mass is 9.98. The summed E-state index contributed by atoms with van der Waals surface area (Å²) in [5.74, 6) is 1.23. The molecule has 1 saturated heterocycles. The first-order chi connectivity index (χ1) is 12.1. The van der Waals surface area contributed by atoms with Crippen LogP contribution in [0.1, 0.15) is 18.4 Å². The van der Waals surface area contributed by atoms with E-state index in [-0.39, 0.29) is 0 Å². The molecule has 0 atom stereocenters. The van der Waals surface area contributed by atoms with E-state index >= 15 is 0 Å². The first-order valence-electron chi connectivity index (χ1n) is 8.40. The van der Waals surface area contributed by atoms with Gasteiger partial charge in [0.25, 0.3) is 0 Å². The molecule has 25 heavy (non-hydrogen) atoms. The number of halogens is 1. The van der Waals surface area contributed by atoms with Gasteiger partial charge in [0.2, 0.25) is 0 Å². The lowest BCUT2D eigenvalue weighted by Gasteiger charge is -2.28. The molecule has 1 fully saturated rings. The number of aryl methyl sites for hydroxylation is 1. The molecule has 0 aliphatic carbocycles. The molecule has 0 N–H and O–H groups in total. The SMILES string of the molecule is Cc1cc(-c2cccc3ncnc(N4CCC(=O)CC4)c23)ccc1Cl. The maximum Gasteiger partial charge on any atom is 0.140 e. The molecule has 0 radical (unpaired) electrons. The number of carbonyl (C=O) groups excluding carboxylic acids is 1. The Bertz CT molecular complexity index is 955.